The summed E-state index contributed by atoms with van der Waals surface area (Å²) in [5.74, 6) is 1.11. The monoisotopic (exact) mass is 249 g/mol. The second-order valence-corrected chi connectivity index (χ2v) is 5.64. The molecule has 1 aliphatic carbocycles. The Balaban J connectivity index is 1.94. The molecule has 0 radical (unpaired) electrons. The molecule has 2 aromatic rings. The lowest BCUT2D eigenvalue weighted by molar-refractivity contribution is 0.474. The molecule has 1 unspecified atom stereocenters. The largest absolute Gasteiger partial charge is 0.418 e. The van der Waals surface area contributed by atoms with Crippen LogP contribution in [0.25, 0.3) is 10.8 Å². The Labute approximate surface area is 104 Å². The van der Waals surface area contributed by atoms with Crippen molar-refractivity contribution in [3.63, 3.8) is 0 Å². The van der Waals surface area contributed by atoms with Gasteiger partial charge >= 0.3 is 0 Å². The van der Waals surface area contributed by atoms with Gasteiger partial charge in [-0.25, -0.2) is 0 Å². The zero-order valence-corrected chi connectivity index (χ0v) is 10.6. The van der Waals surface area contributed by atoms with E-state index in [1.54, 1.807) is 11.3 Å². The normalized spacial score (nSPS) is 16.8. The molecule has 0 fully saturated rings. The average molecular weight is 249 g/mol. The SMILES string of the molecule is CC(N)c1nnc(-c2cc3c(s2)CCCC3)o1. The van der Waals surface area contributed by atoms with Gasteiger partial charge in [0.15, 0.2) is 0 Å². The van der Waals surface area contributed by atoms with E-state index < -0.39 is 0 Å². The van der Waals surface area contributed by atoms with Crippen LogP contribution in [0.15, 0.2) is 10.5 Å². The summed E-state index contributed by atoms with van der Waals surface area (Å²) in [7, 11) is 0. The standard InChI is InChI=1S/C12H15N3OS/c1-7(13)11-14-15-12(16-11)10-6-8-4-2-3-5-9(8)17-10/h6-7H,2-5,13H2,1H3. The topological polar surface area (TPSA) is 64.9 Å². The van der Waals surface area contributed by atoms with Gasteiger partial charge in [0.2, 0.25) is 5.89 Å². The number of nitrogens with two attached hydrogens (primary N) is 1. The van der Waals surface area contributed by atoms with Crippen LogP contribution in [-0.4, -0.2) is 10.2 Å². The second-order valence-electron chi connectivity index (χ2n) is 4.50. The number of aryl methyl sites for hydroxylation is 2. The van der Waals surface area contributed by atoms with E-state index in [0.29, 0.717) is 11.8 Å². The molecular weight excluding hydrogens is 234 g/mol. The molecule has 0 saturated carbocycles. The fourth-order valence-corrected chi connectivity index (χ4v) is 3.29. The average Bonchev–Trinajstić information content (AvgIpc) is 2.95. The molecule has 3 rings (SSSR count). The summed E-state index contributed by atoms with van der Waals surface area (Å²) in [6.45, 7) is 1.84. The van der Waals surface area contributed by atoms with Gasteiger partial charge in [-0.15, -0.1) is 21.5 Å². The third-order valence-corrected chi connectivity index (χ3v) is 4.26. The smallest absolute Gasteiger partial charge is 0.257 e. The quantitative estimate of drug-likeness (QED) is 0.888. The number of thiophene rings is 1. The van der Waals surface area contributed by atoms with Crippen molar-refractivity contribution in [2.24, 2.45) is 5.73 Å². The predicted octanol–water partition coefficient (Wildman–Crippen LogP) is 2.70. The van der Waals surface area contributed by atoms with Crippen LogP contribution in [0.3, 0.4) is 0 Å². The first-order chi connectivity index (χ1) is 8.24. The number of aromatic nitrogens is 2. The van der Waals surface area contributed by atoms with E-state index in [1.165, 1.54) is 36.1 Å². The van der Waals surface area contributed by atoms with Crippen molar-refractivity contribution in [2.45, 2.75) is 38.6 Å². The van der Waals surface area contributed by atoms with Crippen molar-refractivity contribution in [1.82, 2.24) is 10.2 Å². The molecule has 0 saturated heterocycles. The first kappa shape index (κ1) is 10.9. The number of hydrogen-bond donors (Lipinski definition) is 1. The van der Waals surface area contributed by atoms with Crippen LogP contribution < -0.4 is 5.73 Å². The summed E-state index contributed by atoms with van der Waals surface area (Å²) in [5, 5.41) is 8.03. The number of fused-ring (bicyclic) bond motifs is 1. The van der Waals surface area contributed by atoms with E-state index in [-0.39, 0.29) is 6.04 Å². The van der Waals surface area contributed by atoms with Gasteiger partial charge in [0.05, 0.1) is 10.9 Å². The molecule has 1 aliphatic rings. The van der Waals surface area contributed by atoms with Crippen molar-refractivity contribution in [3.8, 4) is 10.8 Å². The van der Waals surface area contributed by atoms with Gasteiger partial charge in [0.25, 0.3) is 5.89 Å². The van der Waals surface area contributed by atoms with Crippen LogP contribution in [-0.2, 0) is 12.8 Å². The van der Waals surface area contributed by atoms with Crippen LogP contribution in [0.1, 0.15) is 42.1 Å². The minimum atomic E-state index is -0.203. The number of rotatable bonds is 2. The van der Waals surface area contributed by atoms with Crippen LogP contribution in [0.4, 0.5) is 0 Å². The Kier molecular flexibility index (Phi) is 2.72. The Bertz CT molecular complexity index is 506. The highest BCUT2D eigenvalue weighted by molar-refractivity contribution is 7.15. The fourth-order valence-electron chi connectivity index (χ4n) is 2.11. The molecule has 4 nitrogen and oxygen atoms in total. The zero-order chi connectivity index (χ0) is 11.8. The Morgan fingerprint density at radius 3 is 2.88 bits per heavy atom. The van der Waals surface area contributed by atoms with E-state index in [0.717, 1.165) is 4.88 Å². The van der Waals surface area contributed by atoms with Gasteiger partial charge in [0.1, 0.15) is 0 Å². The van der Waals surface area contributed by atoms with Crippen molar-refractivity contribution < 1.29 is 4.42 Å². The summed E-state index contributed by atoms with van der Waals surface area (Å²) in [6.07, 6.45) is 4.95. The highest BCUT2D eigenvalue weighted by Crippen LogP contribution is 2.35. The lowest BCUT2D eigenvalue weighted by atomic mass is 9.99. The van der Waals surface area contributed by atoms with Gasteiger partial charge in [-0.3, -0.25) is 0 Å². The highest BCUT2D eigenvalue weighted by Gasteiger charge is 2.18. The third-order valence-electron chi connectivity index (χ3n) is 3.04. The van der Waals surface area contributed by atoms with Crippen molar-refractivity contribution in [2.75, 3.05) is 0 Å². The minimum Gasteiger partial charge on any atom is -0.418 e. The Morgan fingerprint density at radius 2 is 2.18 bits per heavy atom. The molecule has 0 amide bonds. The molecule has 0 aliphatic heterocycles. The van der Waals surface area contributed by atoms with Crippen LogP contribution in [0, 0.1) is 0 Å². The molecular formula is C12H15N3OS. The zero-order valence-electron chi connectivity index (χ0n) is 9.77. The molecule has 1 atom stereocenters. The summed E-state index contributed by atoms with van der Waals surface area (Å²) >= 11 is 1.78. The van der Waals surface area contributed by atoms with Crippen molar-refractivity contribution >= 4 is 11.3 Å². The van der Waals surface area contributed by atoms with E-state index in [4.69, 9.17) is 10.2 Å². The third kappa shape index (κ3) is 2.00. The lowest BCUT2D eigenvalue weighted by Gasteiger charge is -2.08. The maximum Gasteiger partial charge on any atom is 0.257 e. The van der Waals surface area contributed by atoms with Gasteiger partial charge in [-0.05, 0) is 44.2 Å². The number of hydrogen-bond acceptors (Lipinski definition) is 5. The van der Waals surface area contributed by atoms with Crippen LogP contribution in [0.2, 0.25) is 0 Å². The van der Waals surface area contributed by atoms with Crippen molar-refractivity contribution in [3.05, 3.63) is 22.4 Å². The summed E-state index contributed by atoms with van der Waals surface area (Å²) in [5.41, 5.74) is 7.17. The molecule has 2 N–H and O–H groups in total. The predicted molar refractivity (Wildman–Crippen MR) is 66.9 cm³/mol. The maximum atomic E-state index is 5.71. The van der Waals surface area contributed by atoms with E-state index in [1.807, 2.05) is 6.92 Å². The van der Waals surface area contributed by atoms with Gasteiger partial charge in [-0.2, -0.15) is 0 Å². The number of nitrogens with zero attached hydrogens (tertiary/aromatic N) is 2. The van der Waals surface area contributed by atoms with Crippen molar-refractivity contribution in [1.29, 1.82) is 0 Å². The molecule has 0 aromatic carbocycles. The fraction of sp³-hybridized carbons (Fsp3) is 0.500. The first-order valence-electron chi connectivity index (χ1n) is 5.95. The lowest BCUT2D eigenvalue weighted by Crippen LogP contribution is -2.04. The van der Waals surface area contributed by atoms with Gasteiger partial charge in [0, 0.05) is 4.88 Å². The Hall–Kier alpha value is -1.20. The molecule has 90 valence electrons. The second kappa shape index (κ2) is 4.23. The summed E-state index contributed by atoms with van der Waals surface area (Å²) in [6, 6.07) is 1.99. The first-order valence-corrected chi connectivity index (χ1v) is 6.76. The molecule has 5 heteroatoms. The van der Waals surface area contributed by atoms with E-state index >= 15 is 0 Å². The molecule has 0 spiro atoms. The molecule has 2 heterocycles. The van der Waals surface area contributed by atoms with E-state index in [2.05, 4.69) is 16.3 Å². The van der Waals surface area contributed by atoms with E-state index in [9.17, 15) is 0 Å². The van der Waals surface area contributed by atoms with Gasteiger partial charge in [-0.1, -0.05) is 0 Å². The molecule has 17 heavy (non-hydrogen) atoms. The maximum absolute atomic E-state index is 5.71. The summed E-state index contributed by atoms with van der Waals surface area (Å²) in [4.78, 5) is 2.56. The Morgan fingerprint density at radius 1 is 1.35 bits per heavy atom. The van der Waals surface area contributed by atoms with Crippen LogP contribution >= 0.6 is 11.3 Å². The minimum absolute atomic E-state index is 0.203. The van der Waals surface area contributed by atoms with Gasteiger partial charge < -0.3 is 10.2 Å². The highest BCUT2D eigenvalue weighted by atomic mass is 32.1. The molecule has 2 aromatic heterocycles. The molecule has 0 bridgehead atoms. The summed E-state index contributed by atoms with van der Waals surface area (Å²) < 4.78 is 5.57. The van der Waals surface area contributed by atoms with Crippen LogP contribution in [0.5, 0.6) is 0 Å².